The molecule has 3 N–H and O–H groups in total. The number of nitrogens with one attached hydrogen (secondary N) is 1. The van der Waals surface area contributed by atoms with E-state index in [1.54, 1.807) is 0 Å². The summed E-state index contributed by atoms with van der Waals surface area (Å²) in [5.74, 6) is 0. The summed E-state index contributed by atoms with van der Waals surface area (Å²) in [6.07, 6.45) is 43.6. The molecule has 0 aliphatic carbocycles. The van der Waals surface area contributed by atoms with Gasteiger partial charge in [0.2, 0.25) is 0 Å². The molecule has 0 spiro atoms. The summed E-state index contributed by atoms with van der Waals surface area (Å²) in [4.78, 5) is 2.85. The number of hydrogen-bond acceptors (Lipinski definition) is 4. The van der Waals surface area contributed by atoms with E-state index in [1.165, 1.54) is 212 Å². The molecule has 0 saturated carbocycles. The number of aliphatic hydroxyl groups is 2. The SMILES string of the molecule is CCCCCCCCCCCCN(CCCCCCCCCCCC)CCCCCCCCCCCC.OCCNCCO. The Labute approximate surface area is 279 Å². The zero-order valence-electron chi connectivity index (χ0n) is 31.0. The minimum atomic E-state index is 0.139. The highest BCUT2D eigenvalue weighted by atomic mass is 16.3. The van der Waals surface area contributed by atoms with Crippen LogP contribution in [-0.4, -0.2) is 61.1 Å². The Hall–Kier alpha value is -0.160. The highest BCUT2D eigenvalue weighted by molar-refractivity contribution is 4.61. The molecule has 0 amide bonds. The fourth-order valence-electron chi connectivity index (χ4n) is 6.09. The van der Waals surface area contributed by atoms with E-state index < -0.39 is 0 Å². The maximum Gasteiger partial charge on any atom is 0.0555 e. The van der Waals surface area contributed by atoms with Gasteiger partial charge in [-0.05, 0) is 38.9 Å². The molecule has 0 aliphatic heterocycles. The van der Waals surface area contributed by atoms with Crippen molar-refractivity contribution in [1.82, 2.24) is 10.2 Å². The molecule has 0 atom stereocenters. The van der Waals surface area contributed by atoms with E-state index in [0.29, 0.717) is 13.1 Å². The molecule has 4 heteroatoms. The number of rotatable bonds is 37. The highest BCUT2D eigenvalue weighted by Gasteiger charge is 2.05. The first kappa shape index (κ1) is 46.0. The van der Waals surface area contributed by atoms with Crippen LogP contribution in [0, 0.1) is 0 Å². The van der Waals surface area contributed by atoms with Gasteiger partial charge in [0.1, 0.15) is 0 Å². The Balaban J connectivity index is 0. The molecule has 0 bridgehead atoms. The topological polar surface area (TPSA) is 55.7 Å². The molecular weight excluding hydrogens is 540 g/mol. The van der Waals surface area contributed by atoms with E-state index in [-0.39, 0.29) is 13.2 Å². The van der Waals surface area contributed by atoms with Gasteiger partial charge in [0.05, 0.1) is 13.2 Å². The molecule has 44 heavy (non-hydrogen) atoms. The molecule has 0 aromatic rings. The smallest absolute Gasteiger partial charge is 0.0555 e. The van der Waals surface area contributed by atoms with E-state index >= 15 is 0 Å². The molecule has 0 saturated heterocycles. The van der Waals surface area contributed by atoms with Gasteiger partial charge in [-0.25, -0.2) is 0 Å². The Kier molecular flexibility index (Phi) is 47.0. The van der Waals surface area contributed by atoms with Crippen molar-refractivity contribution in [3.63, 3.8) is 0 Å². The maximum atomic E-state index is 8.15. The van der Waals surface area contributed by atoms with E-state index in [0.717, 1.165) is 0 Å². The zero-order chi connectivity index (χ0) is 32.4. The molecule has 0 radical (unpaired) electrons. The lowest BCUT2D eigenvalue weighted by molar-refractivity contribution is 0.254. The third-order valence-electron chi connectivity index (χ3n) is 9.06. The fraction of sp³-hybridized carbons (Fsp3) is 1.00. The Morgan fingerprint density at radius 1 is 0.318 bits per heavy atom. The van der Waals surface area contributed by atoms with Gasteiger partial charge < -0.3 is 20.4 Å². The van der Waals surface area contributed by atoms with Crippen molar-refractivity contribution in [3.05, 3.63) is 0 Å². The minimum absolute atomic E-state index is 0.139. The average molecular weight is 627 g/mol. The molecule has 0 aromatic heterocycles. The number of hydrogen-bond donors (Lipinski definition) is 3. The summed E-state index contributed by atoms with van der Waals surface area (Å²) < 4.78 is 0. The monoisotopic (exact) mass is 627 g/mol. The predicted octanol–water partition coefficient (Wildman–Crippen LogP) is 11.6. The molecule has 0 aromatic carbocycles. The normalized spacial score (nSPS) is 11.3. The van der Waals surface area contributed by atoms with Crippen LogP contribution in [0.3, 0.4) is 0 Å². The number of aliphatic hydroxyl groups excluding tert-OH is 2. The second kappa shape index (κ2) is 45.0. The predicted molar refractivity (Wildman–Crippen MR) is 199 cm³/mol. The number of nitrogens with zero attached hydrogens (tertiary/aromatic N) is 1. The molecule has 0 aliphatic rings. The summed E-state index contributed by atoms with van der Waals surface area (Å²) in [7, 11) is 0. The van der Waals surface area contributed by atoms with Crippen LogP contribution in [0.5, 0.6) is 0 Å². The van der Waals surface area contributed by atoms with Gasteiger partial charge in [0.15, 0.2) is 0 Å². The van der Waals surface area contributed by atoms with Crippen molar-refractivity contribution in [2.24, 2.45) is 0 Å². The quantitative estimate of drug-likeness (QED) is 0.0600. The van der Waals surface area contributed by atoms with E-state index in [4.69, 9.17) is 10.2 Å². The Morgan fingerprint density at radius 3 is 0.727 bits per heavy atom. The van der Waals surface area contributed by atoms with Gasteiger partial charge in [-0.1, -0.05) is 194 Å². The lowest BCUT2D eigenvalue weighted by Gasteiger charge is -2.22. The van der Waals surface area contributed by atoms with Crippen molar-refractivity contribution < 1.29 is 10.2 Å². The van der Waals surface area contributed by atoms with Crippen LogP contribution in [0.15, 0.2) is 0 Å². The summed E-state index contributed by atoms with van der Waals surface area (Å²) in [5, 5.41) is 19.1. The van der Waals surface area contributed by atoms with E-state index in [1.807, 2.05) is 0 Å². The maximum absolute atomic E-state index is 8.15. The van der Waals surface area contributed by atoms with Gasteiger partial charge in [-0.3, -0.25) is 0 Å². The van der Waals surface area contributed by atoms with Gasteiger partial charge in [-0.2, -0.15) is 0 Å². The Morgan fingerprint density at radius 2 is 0.523 bits per heavy atom. The fourth-order valence-corrected chi connectivity index (χ4v) is 6.09. The minimum Gasteiger partial charge on any atom is -0.395 e. The van der Waals surface area contributed by atoms with Crippen LogP contribution in [0.4, 0.5) is 0 Å². The van der Waals surface area contributed by atoms with Gasteiger partial charge >= 0.3 is 0 Å². The van der Waals surface area contributed by atoms with Crippen LogP contribution >= 0.6 is 0 Å². The summed E-state index contributed by atoms with van der Waals surface area (Å²) in [6.45, 7) is 12.5. The first-order valence-electron chi connectivity index (χ1n) is 20.4. The average Bonchev–Trinajstić information content (AvgIpc) is 3.03. The number of unbranched alkanes of at least 4 members (excludes halogenated alkanes) is 27. The van der Waals surface area contributed by atoms with Crippen molar-refractivity contribution >= 4 is 0 Å². The van der Waals surface area contributed by atoms with Crippen molar-refractivity contribution in [1.29, 1.82) is 0 Å². The third-order valence-corrected chi connectivity index (χ3v) is 9.06. The van der Waals surface area contributed by atoms with Crippen molar-refractivity contribution in [2.75, 3.05) is 45.9 Å². The lowest BCUT2D eigenvalue weighted by Crippen LogP contribution is -2.27. The first-order chi connectivity index (χ1) is 21.8. The van der Waals surface area contributed by atoms with E-state index in [9.17, 15) is 0 Å². The van der Waals surface area contributed by atoms with Crippen molar-refractivity contribution in [2.45, 2.75) is 213 Å². The highest BCUT2D eigenvalue weighted by Crippen LogP contribution is 2.14. The van der Waals surface area contributed by atoms with Gasteiger partial charge in [0.25, 0.3) is 0 Å². The summed E-state index contributed by atoms with van der Waals surface area (Å²) in [5.41, 5.74) is 0. The van der Waals surface area contributed by atoms with Crippen LogP contribution in [-0.2, 0) is 0 Å². The third kappa shape index (κ3) is 44.0. The molecule has 0 heterocycles. The first-order valence-corrected chi connectivity index (χ1v) is 20.4. The van der Waals surface area contributed by atoms with Crippen LogP contribution < -0.4 is 5.32 Å². The van der Waals surface area contributed by atoms with Crippen LogP contribution in [0.1, 0.15) is 213 Å². The molecule has 0 fully saturated rings. The van der Waals surface area contributed by atoms with Gasteiger partial charge in [0, 0.05) is 13.1 Å². The van der Waals surface area contributed by atoms with Gasteiger partial charge in [-0.15, -0.1) is 0 Å². The zero-order valence-corrected chi connectivity index (χ0v) is 31.0. The molecule has 0 rings (SSSR count). The summed E-state index contributed by atoms with van der Waals surface area (Å²) in [6, 6.07) is 0. The Bertz CT molecular complexity index is 402. The van der Waals surface area contributed by atoms with E-state index in [2.05, 4.69) is 31.0 Å². The standard InChI is InChI=1S/C36H75N.C4H11NO2/c1-4-7-10-13-16-19-22-25-28-31-34-37(35-32-29-26-23-20-17-14-11-8-5-2)36-33-30-27-24-21-18-15-12-9-6-3;6-3-1-5-2-4-7/h4-36H2,1-3H3;5-7H,1-4H2. The van der Waals surface area contributed by atoms with Crippen LogP contribution in [0.2, 0.25) is 0 Å². The molecule has 268 valence electrons. The lowest BCUT2D eigenvalue weighted by atomic mass is 10.1. The molecule has 4 nitrogen and oxygen atoms in total. The molecular formula is C40H86N2O2. The van der Waals surface area contributed by atoms with Crippen LogP contribution in [0.25, 0.3) is 0 Å². The summed E-state index contributed by atoms with van der Waals surface area (Å²) >= 11 is 0. The second-order valence-electron chi connectivity index (χ2n) is 13.6. The van der Waals surface area contributed by atoms with Crippen molar-refractivity contribution in [3.8, 4) is 0 Å². The second-order valence-corrected chi connectivity index (χ2v) is 13.6. The molecule has 0 unspecified atom stereocenters. The largest absolute Gasteiger partial charge is 0.395 e.